The highest BCUT2D eigenvalue weighted by molar-refractivity contribution is 5.83. The number of quaternary nitrogens is 1. The smallest absolute Gasteiger partial charge is 0.460 e. The molecule has 0 saturated carbocycles. The molecule has 0 radical (unpaired) electrons. The van der Waals surface area contributed by atoms with E-state index in [4.69, 9.17) is 0 Å². The zero-order valence-electron chi connectivity index (χ0n) is 17.8. The molecule has 0 aromatic heterocycles. The first-order chi connectivity index (χ1) is 14.2. The van der Waals surface area contributed by atoms with Crippen LogP contribution in [0.2, 0.25) is 0 Å². The van der Waals surface area contributed by atoms with Gasteiger partial charge in [0.05, 0.1) is 20.1 Å². The zero-order chi connectivity index (χ0) is 27.7. The Bertz CT molecular complexity index is 675. The quantitative estimate of drug-likeness (QED) is 0.176. The predicted molar refractivity (Wildman–Crippen MR) is 82.5 cm³/mol. The van der Waals surface area contributed by atoms with Crippen LogP contribution in [0.1, 0.15) is 27.7 Å². The van der Waals surface area contributed by atoms with Crippen LogP contribution in [0.15, 0.2) is 0 Å². The molecule has 0 unspecified atom stereocenters. The van der Waals surface area contributed by atoms with Crippen LogP contribution in [0, 0.1) is 0 Å². The molecule has 0 spiro atoms. The number of hydrogen-bond acceptors (Lipinski definition) is 1. The summed E-state index contributed by atoms with van der Waals surface area (Å²) in [5, 5.41) is 0. The minimum Gasteiger partial charge on any atom is -1.00 e. The van der Waals surface area contributed by atoms with E-state index in [1.807, 2.05) is 13.8 Å². The van der Waals surface area contributed by atoms with E-state index in [2.05, 4.69) is 0 Å². The molecule has 1 amide bonds. The molecule has 208 valence electrons. The van der Waals surface area contributed by atoms with E-state index >= 15 is 0 Å². The second-order valence-electron chi connectivity index (χ2n) is 6.41. The van der Waals surface area contributed by atoms with Crippen molar-refractivity contribution < 1.29 is 99.2 Å². The van der Waals surface area contributed by atoms with Gasteiger partial charge in [-0.3, -0.25) is 4.79 Å². The van der Waals surface area contributed by atoms with Gasteiger partial charge in [-0.25, -0.2) is 4.59 Å². The van der Waals surface area contributed by atoms with Crippen molar-refractivity contribution in [2.45, 2.75) is 69.4 Å². The van der Waals surface area contributed by atoms with E-state index in [0.29, 0.717) is 0 Å². The highest BCUT2D eigenvalue weighted by Crippen LogP contribution is 2.62. The summed E-state index contributed by atoms with van der Waals surface area (Å²) in [5.74, 6) is -51.3. The molecule has 0 aliphatic heterocycles. The SMILES string of the molecule is CC.CC[N+](C)(CC)NC(=O)C(F)(F)C(F)(F)C(F)(F)C(F)(F)C(F)(F)C(F)(F)C(F)(F)F.[I-]. The minimum absolute atomic E-state index is 0. The summed E-state index contributed by atoms with van der Waals surface area (Å²) in [5.41, 5.74) is 1.03. The number of nitrogens with zero attached hydrogens (tertiary/aromatic N) is 1. The highest BCUT2D eigenvalue weighted by atomic mass is 127. The molecular weight excluding hydrogens is 636 g/mol. The zero-order valence-corrected chi connectivity index (χ0v) is 20.0. The molecule has 0 heterocycles. The maximum atomic E-state index is 13.7. The number of amides is 1. The van der Waals surface area contributed by atoms with Crippen LogP contribution in [0.3, 0.4) is 0 Å². The van der Waals surface area contributed by atoms with Crippen molar-refractivity contribution in [1.82, 2.24) is 5.43 Å². The van der Waals surface area contributed by atoms with Crippen LogP contribution < -0.4 is 29.4 Å². The summed E-state index contributed by atoms with van der Waals surface area (Å²) >= 11 is 0. The van der Waals surface area contributed by atoms with Gasteiger partial charge < -0.3 is 24.0 Å². The monoisotopic (exact) mass is 656 g/mol. The third-order valence-electron chi connectivity index (χ3n) is 4.38. The summed E-state index contributed by atoms with van der Waals surface area (Å²) < 4.78 is 195. The summed E-state index contributed by atoms with van der Waals surface area (Å²) in [6.45, 7) is 5.52. The topological polar surface area (TPSA) is 29.1 Å². The predicted octanol–water partition coefficient (Wildman–Crippen LogP) is 2.91. The van der Waals surface area contributed by atoms with Gasteiger partial charge in [0.1, 0.15) is 0 Å². The summed E-state index contributed by atoms with van der Waals surface area (Å²) in [6, 6.07) is 0. The van der Waals surface area contributed by atoms with Gasteiger partial charge in [-0.1, -0.05) is 13.8 Å². The van der Waals surface area contributed by atoms with Crippen molar-refractivity contribution in [1.29, 1.82) is 0 Å². The lowest BCUT2D eigenvalue weighted by atomic mass is 9.91. The fraction of sp³-hybridized carbons (Fsp3) is 0.933. The summed E-state index contributed by atoms with van der Waals surface area (Å²) in [4.78, 5) is 11.4. The van der Waals surface area contributed by atoms with Crippen LogP contribution in [-0.2, 0) is 4.79 Å². The minimum atomic E-state index is -8.42. The van der Waals surface area contributed by atoms with Gasteiger partial charge >= 0.3 is 47.6 Å². The van der Waals surface area contributed by atoms with E-state index in [1.54, 1.807) is 0 Å². The normalized spacial score (nSPS) is 14.6. The third-order valence-corrected chi connectivity index (χ3v) is 4.38. The maximum Gasteiger partial charge on any atom is 0.460 e. The lowest BCUT2D eigenvalue weighted by Gasteiger charge is -2.41. The first-order valence-electron chi connectivity index (χ1n) is 8.76. The molecule has 0 saturated heterocycles. The molecule has 1 N–H and O–H groups in total. The van der Waals surface area contributed by atoms with Crippen LogP contribution in [0.5, 0.6) is 0 Å². The van der Waals surface area contributed by atoms with Crippen molar-refractivity contribution in [2.24, 2.45) is 0 Å². The number of hydrogen-bond donors (Lipinski definition) is 1. The fourth-order valence-electron chi connectivity index (χ4n) is 1.81. The number of carbonyl (C=O) groups excluding carboxylic acids is 1. The van der Waals surface area contributed by atoms with Crippen LogP contribution in [-0.4, -0.2) is 72.3 Å². The van der Waals surface area contributed by atoms with Gasteiger partial charge in [0.25, 0.3) is 0 Å². The Kier molecular flexibility index (Phi) is 12.2. The number of rotatable bonds is 9. The molecule has 3 nitrogen and oxygen atoms in total. The van der Waals surface area contributed by atoms with Gasteiger partial charge in [-0.2, -0.15) is 71.3 Å². The van der Waals surface area contributed by atoms with Crippen LogP contribution in [0.25, 0.3) is 0 Å². The Balaban J connectivity index is -0.00000311. The van der Waals surface area contributed by atoms with E-state index < -0.39 is 52.2 Å². The van der Waals surface area contributed by atoms with Gasteiger partial charge in [0, 0.05) is 0 Å². The van der Waals surface area contributed by atoms with E-state index in [1.165, 1.54) is 0 Å². The van der Waals surface area contributed by atoms with Crippen molar-refractivity contribution in [3.63, 3.8) is 0 Å². The summed E-state index contributed by atoms with van der Waals surface area (Å²) in [7, 11) is 0.844. The first-order valence-corrected chi connectivity index (χ1v) is 8.76. The van der Waals surface area contributed by atoms with Gasteiger partial charge in [0.2, 0.25) is 0 Å². The standard InChI is InChI=1S/C13H13F15N2O.C2H6.HI/c1-4-30(3,5-2)29-6(31)7(14,15)8(16,17)9(18,19)10(20,21)11(22,23)12(24,25)13(26,27)28;1-2;/h4-5H2,1-3H3;1-2H3;1H. The Labute approximate surface area is 200 Å². The van der Waals surface area contributed by atoms with Gasteiger partial charge in [-0.15, -0.1) is 0 Å². The molecule has 0 bridgehead atoms. The molecule has 0 aromatic carbocycles. The molecule has 34 heavy (non-hydrogen) atoms. The lowest BCUT2D eigenvalue weighted by molar-refractivity contribution is -0.940. The number of carbonyl (C=O) groups is 1. The second kappa shape index (κ2) is 11.0. The van der Waals surface area contributed by atoms with Crippen molar-refractivity contribution >= 4 is 5.91 Å². The highest BCUT2D eigenvalue weighted by Gasteiger charge is 2.94. The lowest BCUT2D eigenvalue weighted by Crippen LogP contribution is -3.00. The Morgan fingerprint density at radius 3 is 1.15 bits per heavy atom. The van der Waals surface area contributed by atoms with Crippen LogP contribution in [0.4, 0.5) is 65.9 Å². The van der Waals surface area contributed by atoms with Crippen molar-refractivity contribution in [3.05, 3.63) is 0 Å². The molecular formula is C15H20F15IN2O. The number of alkyl halides is 15. The van der Waals surface area contributed by atoms with E-state index in [9.17, 15) is 70.7 Å². The fourth-order valence-corrected chi connectivity index (χ4v) is 1.81. The average molecular weight is 656 g/mol. The Morgan fingerprint density at radius 2 is 0.882 bits per heavy atom. The van der Waals surface area contributed by atoms with Crippen LogP contribution >= 0.6 is 0 Å². The molecule has 0 aliphatic carbocycles. The van der Waals surface area contributed by atoms with E-state index in [-0.39, 0.29) is 37.1 Å². The number of halogens is 16. The first kappa shape index (κ1) is 37.7. The molecule has 0 rings (SSSR count). The van der Waals surface area contributed by atoms with Gasteiger partial charge in [-0.05, 0) is 13.8 Å². The molecule has 0 atom stereocenters. The third kappa shape index (κ3) is 5.74. The van der Waals surface area contributed by atoms with Crippen molar-refractivity contribution in [3.8, 4) is 0 Å². The Morgan fingerprint density at radius 1 is 0.618 bits per heavy atom. The molecule has 0 fully saturated rings. The summed E-state index contributed by atoms with van der Waals surface area (Å²) in [6.07, 6.45) is -7.67. The van der Waals surface area contributed by atoms with E-state index in [0.717, 1.165) is 26.3 Å². The molecule has 0 aliphatic rings. The molecule has 0 aromatic rings. The number of nitrogens with one attached hydrogen (secondary N) is 1. The maximum absolute atomic E-state index is 13.7. The average Bonchev–Trinajstić information content (AvgIpc) is 2.67. The Hall–Kier alpha value is -0.890. The second-order valence-corrected chi connectivity index (χ2v) is 6.41. The van der Waals surface area contributed by atoms with Gasteiger partial charge in [0.15, 0.2) is 0 Å². The van der Waals surface area contributed by atoms with Crippen molar-refractivity contribution in [2.75, 3.05) is 20.1 Å². The molecule has 19 heteroatoms. The largest absolute Gasteiger partial charge is 1.00 e.